The second kappa shape index (κ2) is 6.13. The highest BCUT2D eigenvalue weighted by molar-refractivity contribution is 7.18. The van der Waals surface area contributed by atoms with Crippen LogP contribution in [0.4, 0.5) is 0 Å². The molecular formula is C13H18N2O2S. The van der Waals surface area contributed by atoms with Crippen LogP contribution in [0.1, 0.15) is 11.9 Å². The van der Waals surface area contributed by atoms with Crippen molar-refractivity contribution in [2.45, 2.75) is 19.4 Å². The van der Waals surface area contributed by atoms with Gasteiger partial charge in [-0.15, -0.1) is 11.3 Å². The van der Waals surface area contributed by atoms with Crippen LogP contribution >= 0.6 is 11.3 Å². The third-order valence-corrected chi connectivity index (χ3v) is 3.75. The number of nitrogens with zero attached hydrogens (tertiary/aromatic N) is 1. The summed E-state index contributed by atoms with van der Waals surface area (Å²) in [5, 5.41) is 1.05. The quantitative estimate of drug-likeness (QED) is 0.871. The predicted octanol–water partition coefficient (Wildman–Crippen LogP) is 2.21. The maximum atomic E-state index is 5.62. The minimum absolute atomic E-state index is 0.0388. The minimum Gasteiger partial charge on any atom is -0.494 e. The van der Waals surface area contributed by atoms with Gasteiger partial charge in [0.25, 0.3) is 0 Å². The zero-order chi connectivity index (χ0) is 13.0. The Balaban J connectivity index is 2.21. The van der Waals surface area contributed by atoms with Crippen LogP contribution in [0.2, 0.25) is 0 Å². The molecule has 1 unspecified atom stereocenters. The molecule has 0 amide bonds. The van der Waals surface area contributed by atoms with Gasteiger partial charge in [0.1, 0.15) is 5.75 Å². The predicted molar refractivity (Wildman–Crippen MR) is 74.3 cm³/mol. The van der Waals surface area contributed by atoms with Crippen LogP contribution in [-0.2, 0) is 11.2 Å². The maximum Gasteiger partial charge on any atom is 0.120 e. The molecule has 1 atom stereocenters. The largest absolute Gasteiger partial charge is 0.494 e. The number of methoxy groups -OCH3 is 1. The van der Waals surface area contributed by atoms with E-state index < -0.39 is 0 Å². The molecule has 1 aromatic heterocycles. The molecule has 0 spiro atoms. The van der Waals surface area contributed by atoms with Crippen LogP contribution in [0.25, 0.3) is 10.2 Å². The average molecular weight is 266 g/mol. The Bertz CT molecular complexity index is 509. The van der Waals surface area contributed by atoms with Gasteiger partial charge in [0, 0.05) is 20.1 Å². The van der Waals surface area contributed by atoms with Gasteiger partial charge in [-0.3, -0.25) is 0 Å². The molecule has 2 N–H and O–H groups in total. The van der Waals surface area contributed by atoms with Crippen molar-refractivity contribution in [3.8, 4) is 5.75 Å². The third-order valence-electron chi connectivity index (χ3n) is 2.71. The normalized spacial score (nSPS) is 12.8. The van der Waals surface area contributed by atoms with Crippen LogP contribution in [0, 0.1) is 0 Å². The fourth-order valence-electron chi connectivity index (χ4n) is 1.75. The molecule has 0 radical (unpaired) electrons. The molecular weight excluding hydrogens is 248 g/mol. The summed E-state index contributed by atoms with van der Waals surface area (Å²) in [5.74, 6) is 0.891. The van der Waals surface area contributed by atoms with Crippen molar-refractivity contribution in [2.24, 2.45) is 5.73 Å². The fourth-order valence-corrected chi connectivity index (χ4v) is 2.81. The lowest BCUT2D eigenvalue weighted by Crippen LogP contribution is -2.24. The molecule has 2 rings (SSSR count). The van der Waals surface area contributed by atoms with Crippen molar-refractivity contribution in [1.29, 1.82) is 0 Å². The van der Waals surface area contributed by atoms with E-state index in [0.29, 0.717) is 13.2 Å². The molecule has 0 aliphatic carbocycles. The van der Waals surface area contributed by atoms with Gasteiger partial charge < -0.3 is 15.2 Å². The highest BCUT2D eigenvalue weighted by Crippen LogP contribution is 2.27. The lowest BCUT2D eigenvalue weighted by Gasteiger charge is -2.09. The van der Waals surface area contributed by atoms with Crippen LogP contribution < -0.4 is 10.5 Å². The van der Waals surface area contributed by atoms with Gasteiger partial charge in [-0.05, 0) is 25.1 Å². The first kappa shape index (κ1) is 13.3. The molecule has 0 bridgehead atoms. The summed E-state index contributed by atoms with van der Waals surface area (Å²) >= 11 is 1.67. The summed E-state index contributed by atoms with van der Waals surface area (Å²) in [7, 11) is 1.68. The van der Waals surface area contributed by atoms with E-state index >= 15 is 0 Å². The van der Waals surface area contributed by atoms with E-state index in [9.17, 15) is 0 Å². The Morgan fingerprint density at radius 2 is 2.28 bits per heavy atom. The van der Waals surface area contributed by atoms with Crippen molar-refractivity contribution in [3.63, 3.8) is 0 Å². The summed E-state index contributed by atoms with van der Waals surface area (Å²) in [6, 6.07) is 5.97. The Morgan fingerprint density at radius 3 is 2.94 bits per heavy atom. The zero-order valence-electron chi connectivity index (χ0n) is 10.7. The minimum atomic E-state index is 0.0388. The van der Waals surface area contributed by atoms with Crippen LogP contribution in [0.3, 0.4) is 0 Å². The first-order valence-electron chi connectivity index (χ1n) is 6.02. The number of thiazole rings is 1. The molecule has 0 fully saturated rings. The smallest absolute Gasteiger partial charge is 0.120 e. The molecule has 5 heteroatoms. The number of aromatic nitrogens is 1. The summed E-state index contributed by atoms with van der Waals surface area (Å²) in [4.78, 5) is 4.58. The van der Waals surface area contributed by atoms with E-state index in [2.05, 4.69) is 4.98 Å². The maximum absolute atomic E-state index is 5.62. The summed E-state index contributed by atoms with van der Waals surface area (Å²) in [5.41, 5.74) is 6.63. The molecule has 0 aliphatic rings. The monoisotopic (exact) mass is 266 g/mol. The second-order valence-corrected chi connectivity index (χ2v) is 5.08. The van der Waals surface area contributed by atoms with E-state index in [1.807, 2.05) is 25.1 Å². The summed E-state index contributed by atoms with van der Waals surface area (Å²) in [6.45, 7) is 3.17. The van der Waals surface area contributed by atoms with Gasteiger partial charge in [-0.25, -0.2) is 4.98 Å². The van der Waals surface area contributed by atoms with Gasteiger partial charge in [0.05, 0.1) is 27.9 Å². The first-order valence-corrected chi connectivity index (χ1v) is 6.83. The fraction of sp³-hybridized carbons (Fsp3) is 0.462. The van der Waals surface area contributed by atoms with Crippen molar-refractivity contribution in [3.05, 3.63) is 23.2 Å². The van der Waals surface area contributed by atoms with Gasteiger partial charge in [-0.1, -0.05) is 0 Å². The Morgan fingerprint density at radius 1 is 1.44 bits per heavy atom. The Kier molecular flexibility index (Phi) is 4.52. The van der Waals surface area contributed by atoms with Gasteiger partial charge in [0.15, 0.2) is 0 Å². The highest BCUT2D eigenvalue weighted by Gasteiger charge is 2.11. The topological polar surface area (TPSA) is 57.4 Å². The molecule has 1 aromatic carbocycles. The van der Waals surface area contributed by atoms with E-state index in [1.165, 1.54) is 0 Å². The van der Waals surface area contributed by atoms with Crippen molar-refractivity contribution in [1.82, 2.24) is 4.98 Å². The second-order valence-electron chi connectivity index (χ2n) is 3.97. The average Bonchev–Trinajstić information content (AvgIpc) is 2.78. The molecule has 2 aromatic rings. The standard InChI is InChI=1S/C13H18N2O2S/c1-3-17-9-4-5-11-12(6-9)18-13(15-11)7-10(8-14)16-2/h4-6,10H,3,7-8,14H2,1-2H3. The van der Waals surface area contributed by atoms with Crippen molar-refractivity contribution < 1.29 is 9.47 Å². The van der Waals surface area contributed by atoms with Crippen LogP contribution in [-0.4, -0.2) is 31.3 Å². The zero-order valence-corrected chi connectivity index (χ0v) is 11.5. The molecule has 1 heterocycles. The number of nitrogens with two attached hydrogens (primary N) is 1. The number of hydrogen-bond donors (Lipinski definition) is 1. The number of benzene rings is 1. The summed E-state index contributed by atoms with van der Waals surface area (Å²) < 4.78 is 11.9. The van der Waals surface area contributed by atoms with Gasteiger partial charge >= 0.3 is 0 Å². The van der Waals surface area contributed by atoms with E-state index in [4.69, 9.17) is 15.2 Å². The van der Waals surface area contributed by atoms with E-state index in [0.717, 1.165) is 27.4 Å². The number of fused-ring (bicyclic) bond motifs is 1. The lowest BCUT2D eigenvalue weighted by atomic mass is 10.2. The molecule has 98 valence electrons. The summed E-state index contributed by atoms with van der Waals surface area (Å²) in [6.07, 6.45) is 0.799. The number of hydrogen-bond acceptors (Lipinski definition) is 5. The Hall–Kier alpha value is -1.17. The molecule has 0 aliphatic heterocycles. The van der Waals surface area contributed by atoms with Crippen LogP contribution in [0.5, 0.6) is 5.75 Å². The first-order chi connectivity index (χ1) is 8.76. The van der Waals surface area contributed by atoms with Crippen molar-refractivity contribution in [2.75, 3.05) is 20.3 Å². The molecule has 18 heavy (non-hydrogen) atoms. The van der Waals surface area contributed by atoms with E-state index in [1.54, 1.807) is 18.4 Å². The van der Waals surface area contributed by atoms with E-state index in [-0.39, 0.29) is 6.10 Å². The number of rotatable bonds is 6. The lowest BCUT2D eigenvalue weighted by molar-refractivity contribution is 0.110. The van der Waals surface area contributed by atoms with Crippen LogP contribution in [0.15, 0.2) is 18.2 Å². The Labute approximate surface area is 111 Å². The SMILES string of the molecule is CCOc1ccc2nc(CC(CN)OC)sc2c1. The van der Waals surface area contributed by atoms with Crippen molar-refractivity contribution >= 4 is 21.6 Å². The number of ether oxygens (including phenoxy) is 2. The molecule has 0 saturated carbocycles. The third kappa shape index (κ3) is 2.98. The molecule has 4 nitrogen and oxygen atoms in total. The highest BCUT2D eigenvalue weighted by atomic mass is 32.1. The van der Waals surface area contributed by atoms with Gasteiger partial charge in [0.2, 0.25) is 0 Å². The van der Waals surface area contributed by atoms with Gasteiger partial charge in [-0.2, -0.15) is 0 Å². The molecule has 0 saturated heterocycles.